The second kappa shape index (κ2) is 6.02. The molecule has 2 aromatic rings. The minimum absolute atomic E-state index is 0.220. The van der Waals surface area contributed by atoms with Gasteiger partial charge in [-0.1, -0.05) is 30.3 Å². The lowest BCUT2D eigenvalue weighted by Gasteiger charge is -2.21. The lowest BCUT2D eigenvalue weighted by atomic mass is 9.99. The van der Waals surface area contributed by atoms with Gasteiger partial charge in [-0.2, -0.15) is 10.4 Å². The van der Waals surface area contributed by atoms with Crippen LogP contribution >= 0.6 is 0 Å². The van der Waals surface area contributed by atoms with Crippen molar-refractivity contribution in [3.05, 3.63) is 53.9 Å². The van der Waals surface area contributed by atoms with E-state index < -0.39 is 5.54 Å². The standard InChI is InChI=1S/C17H18N4O/c18-13-17(8-4-5-9-17)20-16(22)15-10-19-21(12-15)11-14-6-2-1-3-7-14/h1-3,6-7,10,12H,4-5,8-9,11H2,(H,20,22). The van der Waals surface area contributed by atoms with Crippen LogP contribution in [0, 0.1) is 11.3 Å². The summed E-state index contributed by atoms with van der Waals surface area (Å²) < 4.78 is 1.73. The number of nitriles is 1. The summed E-state index contributed by atoms with van der Waals surface area (Å²) in [5, 5.41) is 16.4. The molecule has 1 aromatic heterocycles. The number of hydrogen-bond acceptors (Lipinski definition) is 3. The van der Waals surface area contributed by atoms with Gasteiger partial charge in [0.2, 0.25) is 0 Å². The first-order valence-electron chi connectivity index (χ1n) is 7.51. The number of rotatable bonds is 4. The Morgan fingerprint density at radius 3 is 2.73 bits per heavy atom. The lowest BCUT2D eigenvalue weighted by molar-refractivity contribution is 0.0920. The molecule has 1 aliphatic rings. The molecule has 22 heavy (non-hydrogen) atoms. The third-order valence-electron chi connectivity index (χ3n) is 4.11. The largest absolute Gasteiger partial charge is 0.334 e. The Morgan fingerprint density at radius 2 is 2.05 bits per heavy atom. The highest BCUT2D eigenvalue weighted by molar-refractivity contribution is 5.94. The van der Waals surface area contributed by atoms with Crippen molar-refractivity contribution in [1.29, 1.82) is 5.26 Å². The van der Waals surface area contributed by atoms with Crippen molar-refractivity contribution in [1.82, 2.24) is 15.1 Å². The van der Waals surface area contributed by atoms with Crippen molar-refractivity contribution in [2.75, 3.05) is 0 Å². The average Bonchev–Trinajstić information content (AvgIpc) is 3.18. The normalized spacial score (nSPS) is 16.1. The average molecular weight is 294 g/mol. The summed E-state index contributed by atoms with van der Waals surface area (Å²) in [6, 6.07) is 12.2. The van der Waals surface area contributed by atoms with Gasteiger partial charge in [-0.3, -0.25) is 9.48 Å². The Labute approximate surface area is 129 Å². The number of carbonyl (C=O) groups excluding carboxylic acids is 1. The van der Waals surface area contributed by atoms with Crippen LogP contribution in [0.3, 0.4) is 0 Å². The van der Waals surface area contributed by atoms with Gasteiger partial charge in [0.25, 0.3) is 5.91 Å². The van der Waals surface area contributed by atoms with Crippen molar-refractivity contribution >= 4 is 5.91 Å². The van der Waals surface area contributed by atoms with Crippen LogP contribution in [-0.4, -0.2) is 21.2 Å². The Balaban J connectivity index is 1.68. The van der Waals surface area contributed by atoms with Crippen molar-refractivity contribution in [2.24, 2.45) is 0 Å². The number of carbonyl (C=O) groups is 1. The molecule has 0 unspecified atom stereocenters. The summed E-state index contributed by atoms with van der Waals surface area (Å²) >= 11 is 0. The van der Waals surface area contributed by atoms with E-state index in [0.29, 0.717) is 12.1 Å². The van der Waals surface area contributed by atoms with E-state index in [9.17, 15) is 10.1 Å². The van der Waals surface area contributed by atoms with Gasteiger partial charge in [0.1, 0.15) is 5.54 Å². The predicted octanol–water partition coefficient (Wildman–Crippen LogP) is 2.50. The van der Waals surface area contributed by atoms with Crippen LogP contribution < -0.4 is 5.32 Å². The first-order chi connectivity index (χ1) is 10.7. The second-order valence-electron chi connectivity index (χ2n) is 5.77. The van der Waals surface area contributed by atoms with E-state index in [1.54, 1.807) is 17.1 Å². The zero-order chi connectivity index (χ0) is 15.4. The van der Waals surface area contributed by atoms with Crippen LogP contribution in [0.5, 0.6) is 0 Å². The van der Waals surface area contributed by atoms with Gasteiger partial charge in [-0.15, -0.1) is 0 Å². The molecule has 5 heteroatoms. The van der Waals surface area contributed by atoms with Crippen LogP contribution in [0.25, 0.3) is 0 Å². The molecule has 1 aromatic carbocycles. The number of aromatic nitrogens is 2. The molecule has 0 atom stereocenters. The Kier molecular flexibility index (Phi) is 3.92. The molecule has 0 radical (unpaired) electrons. The summed E-state index contributed by atoms with van der Waals surface area (Å²) in [7, 11) is 0. The fourth-order valence-corrected chi connectivity index (χ4v) is 2.87. The molecule has 0 spiro atoms. The first kappa shape index (κ1) is 14.3. The molecular weight excluding hydrogens is 276 g/mol. The minimum Gasteiger partial charge on any atom is -0.334 e. The molecule has 0 saturated heterocycles. The molecule has 1 fully saturated rings. The molecule has 112 valence electrons. The van der Waals surface area contributed by atoms with Crippen molar-refractivity contribution in [3.8, 4) is 6.07 Å². The third kappa shape index (κ3) is 3.01. The minimum atomic E-state index is -0.696. The van der Waals surface area contributed by atoms with Crippen molar-refractivity contribution in [2.45, 2.75) is 37.8 Å². The van der Waals surface area contributed by atoms with E-state index in [1.807, 2.05) is 30.3 Å². The van der Waals surface area contributed by atoms with Crippen LogP contribution in [0.4, 0.5) is 0 Å². The quantitative estimate of drug-likeness (QED) is 0.941. The summed E-state index contributed by atoms with van der Waals surface area (Å²) in [6.07, 6.45) is 6.71. The first-order valence-corrected chi connectivity index (χ1v) is 7.51. The number of nitrogens with zero attached hydrogens (tertiary/aromatic N) is 3. The van der Waals surface area contributed by atoms with Gasteiger partial charge in [0, 0.05) is 6.20 Å². The third-order valence-corrected chi connectivity index (χ3v) is 4.11. The van der Waals surface area contributed by atoms with Gasteiger partial charge < -0.3 is 5.32 Å². The monoisotopic (exact) mass is 294 g/mol. The van der Waals surface area contributed by atoms with Crippen LogP contribution in [0.2, 0.25) is 0 Å². The van der Waals surface area contributed by atoms with E-state index in [2.05, 4.69) is 16.5 Å². The maximum atomic E-state index is 12.3. The van der Waals surface area contributed by atoms with Gasteiger partial charge in [0.15, 0.2) is 0 Å². The molecule has 1 saturated carbocycles. The van der Waals surface area contributed by atoms with E-state index in [0.717, 1.165) is 31.2 Å². The van der Waals surface area contributed by atoms with Gasteiger partial charge in [-0.05, 0) is 31.2 Å². The Bertz CT molecular complexity index is 693. The van der Waals surface area contributed by atoms with E-state index in [-0.39, 0.29) is 5.91 Å². The van der Waals surface area contributed by atoms with Crippen LogP contribution in [-0.2, 0) is 6.54 Å². The molecule has 0 bridgehead atoms. The highest BCUT2D eigenvalue weighted by Crippen LogP contribution is 2.29. The molecule has 1 N–H and O–H groups in total. The molecular formula is C17H18N4O. The summed E-state index contributed by atoms with van der Waals surface area (Å²) in [4.78, 5) is 12.3. The van der Waals surface area contributed by atoms with Crippen LogP contribution in [0.1, 0.15) is 41.6 Å². The topological polar surface area (TPSA) is 70.7 Å². The maximum absolute atomic E-state index is 12.3. The summed E-state index contributed by atoms with van der Waals surface area (Å²) in [5.41, 5.74) is 0.929. The highest BCUT2D eigenvalue weighted by atomic mass is 16.1. The van der Waals surface area contributed by atoms with E-state index in [4.69, 9.17) is 0 Å². The zero-order valence-corrected chi connectivity index (χ0v) is 12.3. The molecule has 1 amide bonds. The molecule has 3 rings (SSSR count). The van der Waals surface area contributed by atoms with Crippen molar-refractivity contribution < 1.29 is 4.79 Å². The second-order valence-corrected chi connectivity index (χ2v) is 5.77. The van der Waals surface area contributed by atoms with Crippen LogP contribution in [0.15, 0.2) is 42.7 Å². The Hall–Kier alpha value is -2.61. The number of hydrogen-bond donors (Lipinski definition) is 1. The molecule has 1 aliphatic carbocycles. The Morgan fingerprint density at radius 1 is 1.32 bits per heavy atom. The maximum Gasteiger partial charge on any atom is 0.255 e. The lowest BCUT2D eigenvalue weighted by Crippen LogP contribution is -2.45. The number of nitrogens with one attached hydrogen (secondary N) is 1. The van der Waals surface area contributed by atoms with E-state index in [1.165, 1.54) is 0 Å². The van der Waals surface area contributed by atoms with Crippen molar-refractivity contribution in [3.63, 3.8) is 0 Å². The highest BCUT2D eigenvalue weighted by Gasteiger charge is 2.35. The summed E-state index contributed by atoms with van der Waals surface area (Å²) in [6.45, 7) is 0.623. The predicted molar refractivity (Wildman–Crippen MR) is 82.0 cm³/mol. The van der Waals surface area contributed by atoms with Gasteiger partial charge in [0.05, 0.1) is 24.4 Å². The van der Waals surface area contributed by atoms with E-state index >= 15 is 0 Å². The fraction of sp³-hybridized carbons (Fsp3) is 0.353. The molecule has 0 aliphatic heterocycles. The molecule has 1 heterocycles. The fourth-order valence-electron chi connectivity index (χ4n) is 2.87. The zero-order valence-electron chi connectivity index (χ0n) is 12.3. The SMILES string of the molecule is N#CC1(NC(=O)c2cnn(Cc3ccccc3)c2)CCCC1. The summed E-state index contributed by atoms with van der Waals surface area (Å²) in [5.74, 6) is -0.220. The van der Waals surface area contributed by atoms with Gasteiger partial charge in [-0.25, -0.2) is 0 Å². The number of amides is 1. The smallest absolute Gasteiger partial charge is 0.255 e. The number of benzene rings is 1. The van der Waals surface area contributed by atoms with Gasteiger partial charge >= 0.3 is 0 Å². The molecule has 5 nitrogen and oxygen atoms in total.